The van der Waals surface area contributed by atoms with Gasteiger partial charge in [0.25, 0.3) is 5.91 Å². The highest BCUT2D eigenvalue weighted by Crippen LogP contribution is 2.34. The number of nitrogens with zero attached hydrogens (tertiary/aromatic N) is 1. The Morgan fingerprint density at radius 1 is 1.12 bits per heavy atom. The van der Waals surface area contributed by atoms with Gasteiger partial charge in [-0.1, -0.05) is 46.3 Å². The van der Waals surface area contributed by atoms with E-state index < -0.39 is 10.0 Å². The Morgan fingerprint density at radius 3 is 2.52 bits per heavy atom. The Balaban J connectivity index is 1.38. The normalized spacial score (nSPS) is 16.3. The Labute approximate surface area is 202 Å². The highest BCUT2D eigenvalue weighted by Gasteiger charge is 2.31. The summed E-state index contributed by atoms with van der Waals surface area (Å²) in [5.74, 6) is 0.292. The quantitative estimate of drug-likeness (QED) is 0.475. The third-order valence-electron chi connectivity index (χ3n) is 5.65. The van der Waals surface area contributed by atoms with Crippen molar-refractivity contribution in [3.8, 4) is 5.75 Å². The predicted molar refractivity (Wildman–Crippen MR) is 132 cm³/mol. The maximum Gasteiger partial charge on any atom is 0.265 e. The minimum atomic E-state index is -3.70. The molecule has 0 radical (unpaired) electrons. The first-order chi connectivity index (χ1) is 15.7. The molecule has 0 spiro atoms. The zero-order valence-corrected chi connectivity index (χ0v) is 20.8. The lowest BCUT2D eigenvalue weighted by molar-refractivity contribution is -0.120. The van der Waals surface area contributed by atoms with E-state index in [4.69, 9.17) is 4.74 Å². The zero-order chi connectivity index (χ0) is 23.6. The van der Waals surface area contributed by atoms with Gasteiger partial charge in [0.15, 0.2) is 6.61 Å². The van der Waals surface area contributed by atoms with Crippen LogP contribution in [0.15, 0.2) is 82.2 Å². The van der Waals surface area contributed by atoms with Crippen LogP contribution < -0.4 is 14.4 Å². The molecule has 0 bridgehead atoms. The third kappa shape index (κ3) is 5.29. The van der Waals surface area contributed by atoms with Gasteiger partial charge < -0.3 is 9.64 Å². The number of rotatable bonds is 7. The molecule has 0 unspecified atom stereocenters. The van der Waals surface area contributed by atoms with Crippen molar-refractivity contribution in [3.05, 3.63) is 88.4 Å². The fraction of sp³-hybridized carbons (Fsp3) is 0.240. The number of halogens is 1. The number of hydrogen-bond acceptors (Lipinski definition) is 4. The van der Waals surface area contributed by atoms with E-state index in [9.17, 15) is 13.2 Å². The summed E-state index contributed by atoms with van der Waals surface area (Å²) in [6.07, 6.45) is 0.793. The van der Waals surface area contributed by atoms with E-state index >= 15 is 0 Å². The minimum Gasteiger partial charge on any atom is -0.484 e. The smallest absolute Gasteiger partial charge is 0.265 e. The molecule has 0 aromatic heterocycles. The number of carbonyl (C=O) groups excluding carboxylic acids is 1. The Kier molecular flexibility index (Phi) is 6.88. The fourth-order valence-electron chi connectivity index (χ4n) is 4.02. The molecule has 1 aliphatic heterocycles. The molecule has 4 rings (SSSR count). The maximum absolute atomic E-state index is 12.8. The SMILES string of the molecule is C[C@@H](NS(=O)(=O)c1ccc(OCC(=O)N2c3ccc(Br)cc3C[C@@H]2C)cc1)c1ccccc1. The summed E-state index contributed by atoms with van der Waals surface area (Å²) >= 11 is 3.47. The van der Waals surface area contributed by atoms with Crippen LogP contribution in [0.1, 0.15) is 31.0 Å². The summed E-state index contributed by atoms with van der Waals surface area (Å²) in [6.45, 7) is 3.68. The second-order valence-electron chi connectivity index (χ2n) is 8.10. The van der Waals surface area contributed by atoms with Crippen molar-refractivity contribution >= 4 is 37.5 Å². The standard InChI is InChI=1S/C25H25BrN2O4S/c1-17-14-20-15-21(26)8-13-24(20)28(17)25(29)16-32-22-9-11-23(12-10-22)33(30,31)27-18(2)19-6-4-3-5-7-19/h3-13,15,17-18,27H,14,16H2,1-2H3/t17-,18+/m0/s1. The van der Waals surface area contributed by atoms with Crippen LogP contribution in [0.4, 0.5) is 5.69 Å². The molecule has 1 aliphatic rings. The number of nitrogens with one attached hydrogen (secondary N) is 1. The van der Waals surface area contributed by atoms with Gasteiger partial charge in [-0.25, -0.2) is 13.1 Å². The van der Waals surface area contributed by atoms with Crippen molar-refractivity contribution < 1.29 is 17.9 Å². The largest absolute Gasteiger partial charge is 0.484 e. The lowest BCUT2D eigenvalue weighted by atomic mass is 10.1. The van der Waals surface area contributed by atoms with E-state index in [-0.39, 0.29) is 29.5 Å². The molecular formula is C25H25BrN2O4S. The van der Waals surface area contributed by atoms with Crippen LogP contribution in [0.2, 0.25) is 0 Å². The second kappa shape index (κ2) is 9.67. The molecular weight excluding hydrogens is 504 g/mol. The van der Waals surface area contributed by atoms with E-state index in [2.05, 4.69) is 20.7 Å². The number of amides is 1. The molecule has 1 N–H and O–H groups in total. The van der Waals surface area contributed by atoms with Gasteiger partial charge >= 0.3 is 0 Å². The molecule has 0 fully saturated rings. The van der Waals surface area contributed by atoms with Gasteiger partial charge in [0.2, 0.25) is 10.0 Å². The van der Waals surface area contributed by atoms with Crippen LogP contribution in [0, 0.1) is 0 Å². The Morgan fingerprint density at radius 2 is 1.82 bits per heavy atom. The number of benzene rings is 3. The zero-order valence-electron chi connectivity index (χ0n) is 18.4. The summed E-state index contributed by atoms with van der Waals surface area (Å²) in [7, 11) is -3.70. The first kappa shape index (κ1) is 23.5. The Bertz CT molecular complexity index is 1250. The summed E-state index contributed by atoms with van der Waals surface area (Å²) in [5, 5.41) is 0. The summed E-state index contributed by atoms with van der Waals surface area (Å²) < 4.78 is 34.8. The summed E-state index contributed by atoms with van der Waals surface area (Å²) in [4.78, 5) is 14.7. The third-order valence-corrected chi connectivity index (χ3v) is 7.70. The number of sulfonamides is 1. The average molecular weight is 529 g/mol. The fourth-order valence-corrected chi connectivity index (χ4v) is 5.66. The van der Waals surface area contributed by atoms with Gasteiger partial charge in [0.1, 0.15) is 5.75 Å². The number of ether oxygens (including phenoxy) is 1. The van der Waals surface area contributed by atoms with Crippen LogP contribution >= 0.6 is 15.9 Å². The minimum absolute atomic E-state index is 0.0515. The number of anilines is 1. The lowest BCUT2D eigenvalue weighted by Gasteiger charge is -2.22. The van der Waals surface area contributed by atoms with Crippen molar-refractivity contribution in [2.75, 3.05) is 11.5 Å². The molecule has 2 atom stereocenters. The van der Waals surface area contributed by atoms with E-state index in [0.717, 1.165) is 27.7 Å². The molecule has 0 saturated carbocycles. The van der Waals surface area contributed by atoms with Crippen LogP contribution in [0.25, 0.3) is 0 Å². The molecule has 3 aromatic carbocycles. The highest BCUT2D eigenvalue weighted by atomic mass is 79.9. The van der Waals surface area contributed by atoms with Gasteiger partial charge in [0.05, 0.1) is 4.90 Å². The van der Waals surface area contributed by atoms with Gasteiger partial charge in [-0.2, -0.15) is 0 Å². The van der Waals surface area contributed by atoms with Crippen molar-refractivity contribution in [1.29, 1.82) is 0 Å². The highest BCUT2D eigenvalue weighted by molar-refractivity contribution is 9.10. The number of hydrogen-bond donors (Lipinski definition) is 1. The predicted octanol–water partition coefficient (Wildman–Crippen LogP) is 4.85. The molecule has 6 nitrogen and oxygen atoms in total. The molecule has 0 saturated heterocycles. The molecule has 1 heterocycles. The molecule has 8 heteroatoms. The summed E-state index contributed by atoms with van der Waals surface area (Å²) in [6, 6.07) is 21.0. The van der Waals surface area contributed by atoms with E-state index in [1.807, 2.05) is 55.5 Å². The second-order valence-corrected chi connectivity index (χ2v) is 10.7. The van der Waals surface area contributed by atoms with Crippen LogP contribution in [-0.2, 0) is 21.2 Å². The van der Waals surface area contributed by atoms with Gasteiger partial charge in [-0.3, -0.25) is 4.79 Å². The van der Waals surface area contributed by atoms with Crippen molar-refractivity contribution in [2.45, 2.75) is 37.2 Å². The van der Waals surface area contributed by atoms with Crippen LogP contribution in [-0.4, -0.2) is 27.0 Å². The van der Waals surface area contributed by atoms with Crippen molar-refractivity contribution in [2.24, 2.45) is 0 Å². The first-order valence-corrected chi connectivity index (χ1v) is 12.9. The monoisotopic (exact) mass is 528 g/mol. The first-order valence-electron chi connectivity index (χ1n) is 10.7. The molecule has 33 heavy (non-hydrogen) atoms. The summed E-state index contributed by atoms with van der Waals surface area (Å²) in [5.41, 5.74) is 2.90. The molecule has 0 aliphatic carbocycles. The van der Waals surface area contributed by atoms with Crippen molar-refractivity contribution in [3.63, 3.8) is 0 Å². The van der Waals surface area contributed by atoms with Crippen LogP contribution in [0.5, 0.6) is 5.75 Å². The van der Waals surface area contributed by atoms with E-state index in [1.54, 1.807) is 24.0 Å². The number of carbonyl (C=O) groups is 1. The van der Waals surface area contributed by atoms with Gasteiger partial charge in [-0.15, -0.1) is 0 Å². The number of fused-ring (bicyclic) bond motifs is 1. The van der Waals surface area contributed by atoms with Gasteiger partial charge in [-0.05, 0) is 73.9 Å². The lowest BCUT2D eigenvalue weighted by Crippen LogP contribution is -2.39. The molecule has 3 aromatic rings. The van der Waals surface area contributed by atoms with Gasteiger partial charge in [0, 0.05) is 22.2 Å². The average Bonchev–Trinajstić information content (AvgIpc) is 3.12. The maximum atomic E-state index is 12.8. The molecule has 172 valence electrons. The topological polar surface area (TPSA) is 75.7 Å². The molecule has 1 amide bonds. The van der Waals surface area contributed by atoms with E-state index in [1.165, 1.54) is 12.1 Å². The van der Waals surface area contributed by atoms with Crippen LogP contribution in [0.3, 0.4) is 0 Å². The van der Waals surface area contributed by atoms with Crippen molar-refractivity contribution in [1.82, 2.24) is 4.72 Å². The van der Waals surface area contributed by atoms with E-state index in [0.29, 0.717) is 5.75 Å². The Hall–Kier alpha value is -2.68.